The summed E-state index contributed by atoms with van der Waals surface area (Å²) in [6.45, 7) is 2.83. The molecule has 0 spiro atoms. The third-order valence-electron chi connectivity index (χ3n) is 2.61. The van der Waals surface area contributed by atoms with Crippen molar-refractivity contribution in [2.45, 2.75) is 18.7 Å². The molecule has 0 saturated carbocycles. The second kappa shape index (κ2) is 6.22. The molecule has 0 aliphatic heterocycles. The average molecular weight is 311 g/mol. The molecule has 1 heterocycles. The number of halogens is 1. The molecule has 3 heteroatoms. The molecule has 1 aromatic heterocycles. The summed E-state index contributed by atoms with van der Waals surface area (Å²) in [5.74, 6) is 1.03. The molecular weight excluding hydrogens is 296 g/mol. The minimum Gasteiger partial charge on any atom is -0.493 e. The Labute approximate surface area is 115 Å². The van der Waals surface area contributed by atoms with Crippen LogP contribution in [0.2, 0.25) is 0 Å². The van der Waals surface area contributed by atoms with Crippen LogP contribution in [0.1, 0.15) is 16.0 Å². The number of thiophene rings is 1. The van der Waals surface area contributed by atoms with Crippen LogP contribution in [-0.4, -0.2) is 6.61 Å². The fourth-order valence-electron chi connectivity index (χ4n) is 1.73. The van der Waals surface area contributed by atoms with Gasteiger partial charge in [0.05, 0.1) is 6.61 Å². The maximum atomic E-state index is 5.91. The van der Waals surface area contributed by atoms with Gasteiger partial charge in [-0.1, -0.05) is 40.2 Å². The SMILES string of the molecule is Cc1cccc(CBr)c1OCCc1cccs1. The second-order valence-corrected chi connectivity index (χ2v) is 5.47. The van der Waals surface area contributed by atoms with Crippen molar-refractivity contribution in [1.82, 2.24) is 0 Å². The summed E-state index contributed by atoms with van der Waals surface area (Å²) in [7, 11) is 0. The summed E-state index contributed by atoms with van der Waals surface area (Å²) >= 11 is 5.28. The van der Waals surface area contributed by atoms with Gasteiger partial charge in [-0.3, -0.25) is 0 Å². The normalized spacial score (nSPS) is 10.5. The van der Waals surface area contributed by atoms with E-state index in [0.717, 1.165) is 24.1 Å². The van der Waals surface area contributed by atoms with Crippen molar-refractivity contribution in [1.29, 1.82) is 0 Å². The van der Waals surface area contributed by atoms with Crippen LogP contribution in [0, 0.1) is 6.92 Å². The molecule has 0 aliphatic carbocycles. The lowest BCUT2D eigenvalue weighted by Crippen LogP contribution is -2.03. The molecule has 0 fully saturated rings. The smallest absolute Gasteiger partial charge is 0.126 e. The Bertz CT molecular complexity index is 465. The van der Waals surface area contributed by atoms with Gasteiger partial charge in [-0.2, -0.15) is 0 Å². The van der Waals surface area contributed by atoms with Gasteiger partial charge < -0.3 is 4.74 Å². The number of para-hydroxylation sites is 1. The van der Waals surface area contributed by atoms with E-state index in [2.05, 4.69) is 58.6 Å². The summed E-state index contributed by atoms with van der Waals surface area (Å²) in [5.41, 5.74) is 2.42. The zero-order valence-electron chi connectivity index (χ0n) is 9.78. The van der Waals surface area contributed by atoms with E-state index in [0.29, 0.717) is 0 Å². The fourth-order valence-corrected chi connectivity index (χ4v) is 2.87. The molecule has 1 aromatic carbocycles. The van der Waals surface area contributed by atoms with Crippen molar-refractivity contribution in [2.24, 2.45) is 0 Å². The van der Waals surface area contributed by atoms with Gasteiger partial charge in [-0.25, -0.2) is 0 Å². The van der Waals surface area contributed by atoms with Gasteiger partial charge in [0.2, 0.25) is 0 Å². The quantitative estimate of drug-likeness (QED) is 0.735. The Balaban J connectivity index is 1.98. The predicted molar refractivity (Wildman–Crippen MR) is 77.3 cm³/mol. The van der Waals surface area contributed by atoms with E-state index >= 15 is 0 Å². The van der Waals surface area contributed by atoms with Crippen LogP contribution in [0.5, 0.6) is 5.75 Å². The minimum atomic E-state index is 0.741. The van der Waals surface area contributed by atoms with Crippen molar-refractivity contribution >= 4 is 27.3 Å². The van der Waals surface area contributed by atoms with Gasteiger partial charge in [0.25, 0.3) is 0 Å². The number of hydrogen-bond acceptors (Lipinski definition) is 2. The Hall–Kier alpha value is -0.800. The molecule has 0 saturated heterocycles. The molecule has 17 heavy (non-hydrogen) atoms. The molecule has 90 valence electrons. The molecular formula is C14H15BrOS. The van der Waals surface area contributed by atoms with Crippen LogP contribution in [-0.2, 0) is 11.8 Å². The number of benzene rings is 1. The molecule has 0 atom stereocenters. The molecule has 2 rings (SSSR count). The van der Waals surface area contributed by atoms with Gasteiger partial charge in [0, 0.05) is 22.2 Å². The molecule has 2 aromatic rings. The molecule has 0 unspecified atom stereocenters. The summed E-state index contributed by atoms with van der Waals surface area (Å²) < 4.78 is 5.91. The van der Waals surface area contributed by atoms with Crippen molar-refractivity contribution < 1.29 is 4.74 Å². The standard InChI is InChI=1S/C14H15BrOS/c1-11-4-2-5-12(10-15)14(11)16-8-7-13-6-3-9-17-13/h2-6,9H,7-8,10H2,1H3. The summed E-state index contributed by atoms with van der Waals surface area (Å²) in [4.78, 5) is 1.37. The lowest BCUT2D eigenvalue weighted by Gasteiger charge is -2.12. The molecule has 0 N–H and O–H groups in total. The number of alkyl halides is 1. The van der Waals surface area contributed by atoms with Crippen molar-refractivity contribution in [3.63, 3.8) is 0 Å². The Morgan fingerprint density at radius 2 is 2.12 bits per heavy atom. The van der Waals surface area contributed by atoms with E-state index in [-0.39, 0.29) is 0 Å². The van der Waals surface area contributed by atoms with Gasteiger partial charge in [-0.05, 0) is 23.9 Å². The van der Waals surface area contributed by atoms with Crippen LogP contribution in [0.3, 0.4) is 0 Å². The van der Waals surface area contributed by atoms with Crippen molar-refractivity contribution in [2.75, 3.05) is 6.61 Å². The third kappa shape index (κ3) is 3.33. The number of ether oxygens (including phenoxy) is 1. The van der Waals surface area contributed by atoms with Crippen molar-refractivity contribution in [3.05, 3.63) is 51.7 Å². The molecule has 0 aliphatic rings. The van der Waals surface area contributed by atoms with Crippen LogP contribution < -0.4 is 4.74 Å². The van der Waals surface area contributed by atoms with E-state index in [9.17, 15) is 0 Å². The first kappa shape index (κ1) is 12.7. The van der Waals surface area contributed by atoms with Crippen LogP contribution in [0.15, 0.2) is 35.7 Å². The first-order valence-electron chi connectivity index (χ1n) is 5.61. The largest absolute Gasteiger partial charge is 0.493 e. The summed E-state index contributed by atoms with van der Waals surface area (Å²) in [6.07, 6.45) is 0.980. The van der Waals surface area contributed by atoms with Gasteiger partial charge in [0.1, 0.15) is 5.75 Å². The first-order valence-corrected chi connectivity index (χ1v) is 7.61. The highest BCUT2D eigenvalue weighted by molar-refractivity contribution is 9.08. The van der Waals surface area contributed by atoms with Crippen molar-refractivity contribution in [3.8, 4) is 5.75 Å². The number of hydrogen-bond donors (Lipinski definition) is 0. The van der Waals surface area contributed by atoms with Crippen LogP contribution in [0.25, 0.3) is 0 Å². The van der Waals surface area contributed by atoms with Crippen LogP contribution >= 0.6 is 27.3 Å². The topological polar surface area (TPSA) is 9.23 Å². The zero-order valence-corrected chi connectivity index (χ0v) is 12.2. The Morgan fingerprint density at radius 3 is 2.82 bits per heavy atom. The maximum absolute atomic E-state index is 5.91. The predicted octanol–water partition coefficient (Wildman–Crippen LogP) is 4.57. The lowest BCUT2D eigenvalue weighted by atomic mass is 10.1. The van der Waals surface area contributed by atoms with Gasteiger partial charge in [0.15, 0.2) is 0 Å². The van der Waals surface area contributed by atoms with E-state index in [1.165, 1.54) is 16.0 Å². The van der Waals surface area contributed by atoms with E-state index in [1.54, 1.807) is 11.3 Å². The van der Waals surface area contributed by atoms with E-state index in [4.69, 9.17) is 4.74 Å². The second-order valence-electron chi connectivity index (χ2n) is 3.87. The summed E-state index contributed by atoms with van der Waals surface area (Å²) in [5, 5.41) is 2.94. The molecule has 0 bridgehead atoms. The first-order chi connectivity index (χ1) is 8.31. The summed E-state index contributed by atoms with van der Waals surface area (Å²) in [6, 6.07) is 10.5. The van der Waals surface area contributed by atoms with Gasteiger partial charge in [-0.15, -0.1) is 11.3 Å². The monoisotopic (exact) mass is 310 g/mol. The molecule has 1 nitrogen and oxygen atoms in total. The number of rotatable bonds is 5. The highest BCUT2D eigenvalue weighted by Gasteiger charge is 2.05. The molecule has 0 radical (unpaired) electrons. The van der Waals surface area contributed by atoms with Gasteiger partial charge >= 0.3 is 0 Å². The highest BCUT2D eigenvalue weighted by atomic mass is 79.9. The highest BCUT2D eigenvalue weighted by Crippen LogP contribution is 2.25. The zero-order chi connectivity index (χ0) is 12.1. The molecule has 0 amide bonds. The number of aryl methyl sites for hydroxylation is 1. The maximum Gasteiger partial charge on any atom is 0.126 e. The average Bonchev–Trinajstić information content (AvgIpc) is 2.84. The van der Waals surface area contributed by atoms with E-state index in [1.807, 2.05) is 0 Å². The van der Waals surface area contributed by atoms with E-state index < -0.39 is 0 Å². The Morgan fingerprint density at radius 1 is 1.24 bits per heavy atom. The fraction of sp³-hybridized carbons (Fsp3) is 0.286. The lowest BCUT2D eigenvalue weighted by molar-refractivity contribution is 0.318. The minimum absolute atomic E-state index is 0.741. The van der Waals surface area contributed by atoms with Crippen LogP contribution in [0.4, 0.5) is 0 Å². The Kier molecular flexibility index (Phi) is 4.63. The third-order valence-corrected chi connectivity index (χ3v) is 4.15.